The fraction of sp³-hybridized carbons (Fsp3) is 0.538. The highest BCUT2D eigenvalue weighted by Gasteiger charge is 2.18. The first-order valence-corrected chi connectivity index (χ1v) is 8.01. The number of nitrogens with one attached hydrogen (secondary N) is 1. The molecule has 1 aromatic rings. The molecule has 0 spiro atoms. The van der Waals surface area contributed by atoms with E-state index in [9.17, 15) is 12.8 Å². The van der Waals surface area contributed by atoms with E-state index in [1.165, 1.54) is 6.07 Å². The van der Waals surface area contributed by atoms with Crippen molar-refractivity contribution in [1.29, 1.82) is 0 Å². The van der Waals surface area contributed by atoms with E-state index in [1.54, 1.807) is 0 Å². The van der Waals surface area contributed by atoms with Gasteiger partial charge in [-0.15, -0.1) is 0 Å². The van der Waals surface area contributed by atoms with Crippen molar-refractivity contribution >= 4 is 15.7 Å². The maximum absolute atomic E-state index is 13.1. The van der Waals surface area contributed by atoms with Gasteiger partial charge < -0.3 is 10.6 Å². The van der Waals surface area contributed by atoms with Crippen molar-refractivity contribution in [3.8, 4) is 0 Å². The third kappa shape index (κ3) is 4.43. The molecule has 1 aromatic carbocycles. The molecule has 0 bridgehead atoms. The van der Waals surface area contributed by atoms with Gasteiger partial charge in [0.2, 0.25) is 10.0 Å². The fourth-order valence-corrected chi connectivity index (χ4v) is 2.87. The minimum absolute atomic E-state index is 0.0363. The van der Waals surface area contributed by atoms with Gasteiger partial charge in [-0.2, -0.15) is 0 Å². The molecular weight excluding hydrogens is 281 g/mol. The van der Waals surface area contributed by atoms with Gasteiger partial charge in [-0.05, 0) is 38.6 Å². The van der Waals surface area contributed by atoms with Gasteiger partial charge in [-0.25, -0.2) is 17.5 Å². The number of anilines is 1. The molecule has 0 aliphatic heterocycles. The van der Waals surface area contributed by atoms with Gasteiger partial charge in [-0.3, -0.25) is 0 Å². The minimum Gasteiger partial charge on any atom is -0.398 e. The molecule has 0 heterocycles. The zero-order chi connectivity index (χ0) is 15.3. The summed E-state index contributed by atoms with van der Waals surface area (Å²) in [6, 6.07) is 3.68. The summed E-state index contributed by atoms with van der Waals surface area (Å²) in [5.74, 6) is -0.628. The third-order valence-corrected chi connectivity index (χ3v) is 4.88. The van der Waals surface area contributed by atoms with Crippen molar-refractivity contribution in [2.24, 2.45) is 0 Å². The van der Waals surface area contributed by atoms with Crippen LogP contribution in [0.15, 0.2) is 23.1 Å². The number of sulfonamides is 1. The molecule has 3 N–H and O–H groups in total. The Labute approximate surface area is 120 Å². The number of nitrogen functional groups attached to an aromatic ring is 1. The van der Waals surface area contributed by atoms with Gasteiger partial charge in [0.15, 0.2) is 0 Å². The second-order valence-electron chi connectivity index (χ2n) is 4.82. The predicted octanol–water partition coefficient (Wildman–Crippen LogP) is 1.42. The van der Waals surface area contributed by atoms with E-state index in [4.69, 9.17) is 5.73 Å². The van der Waals surface area contributed by atoms with Gasteiger partial charge in [-0.1, -0.05) is 6.92 Å². The first-order valence-electron chi connectivity index (χ1n) is 6.53. The highest BCUT2D eigenvalue weighted by atomic mass is 32.2. The van der Waals surface area contributed by atoms with E-state index in [1.807, 2.05) is 7.05 Å². The average Bonchev–Trinajstić information content (AvgIpc) is 2.40. The lowest BCUT2D eigenvalue weighted by Gasteiger charge is -2.23. The van der Waals surface area contributed by atoms with Crippen molar-refractivity contribution in [3.63, 3.8) is 0 Å². The zero-order valence-corrected chi connectivity index (χ0v) is 12.9. The summed E-state index contributed by atoms with van der Waals surface area (Å²) in [5.41, 5.74) is 5.62. The molecular formula is C13H22FN3O2S. The molecule has 0 saturated heterocycles. The zero-order valence-electron chi connectivity index (χ0n) is 12.1. The van der Waals surface area contributed by atoms with Crippen LogP contribution < -0.4 is 10.5 Å². The Balaban J connectivity index is 2.69. The lowest BCUT2D eigenvalue weighted by Crippen LogP contribution is -2.37. The van der Waals surface area contributed by atoms with Crippen LogP contribution in [-0.2, 0) is 10.0 Å². The van der Waals surface area contributed by atoms with Crippen molar-refractivity contribution in [2.75, 3.05) is 25.9 Å². The Kier molecular flexibility index (Phi) is 5.91. The second kappa shape index (κ2) is 7.01. The largest absolute Gasteiger partial charge is 0.398 e. The van der Waals surface area contributed by atoms with E-state index in [0.717, 1.165) is 18.6 Å². The van der Waals surface area contributed by atoms with Crippen molar-refractivity contribution in [3.05, 3.63) is 24.0 Å². The topological polar surface area (TPSA) is 75.4 Å². The van der Waals surface area contributed by atoms with Crippen LogP contribution in [0.1, 0.15) is 20.3 Å². The first-order chi connectivity index (χ1) is 9.27. The van der Waals surface area contributed by atoms with Gasteiger partial charge in [0.1, 0.15) is 10.7 Å². The quantitative estimate of drug-likeness (QED) is 0.747. The summed E-state index contributed by atoms with van der Waals surface area (Å²) < 4.78 is 39.7. The first kappa shape index (κ1) is 16.9. The third-order valence-electron chi connectivity index (χ3n) is 3.36. The number of likely N-dealkylation sites (N-methyl/N-ethyl adjacent to an activating group) is 1. The molecule has 7 heteroatoms. The van der Waals surface area contributed by atoms with E-state index in [0.29, 0.717) is 12.6 Å². The molecule has 20 heavy (non-hydrogen) atoms. The molecule has 0 fully saturated rings. The average molecular weight is 303 g/mol. The molecule has 1 unspecified atom stereocenters. The van der Waals surface area contributed by atoms with Gasteiger partial charge in [0.25, 0.3) is 0 Å². The molecule has 1 rings (SSSR count). The number of halogens is 1. The Morgan fingerprint density at radius 3 is 2.70 bits per heavy atom. The molecule has 0 aliphatic rings. The van der Waals surface area contributed by atoms with E-state index >= 15 is 0 Å². The van der Waals surface area contributed by atoms with Crippen molar-refractivity contribution < 1.29 is 12.8 Å². The maximum Gasteiger partial charge on any atom is 0.242 e. The molecule has 114 valence electrons. The van der Waals surface area contributed by atoms with E-state index in [-0.39, 0.29) is 17.1 Å². The number of benzene rings is 1. The van der Waals surface area contributed by atoms with E-state index < -0.39 is 15.8 Å². The Bertz CT molecular complexity index is 549. The normalized spacial score (nSPS) is 13.7. The molecule has 0 saturated carbocycles. The number of nitrogens with zero attached hydrogens (tertiary/aromatic N) is 1. The highest BCUT2D eigenvalue weighted by Crippen LogP contribution is 2.18. The fourth-order valence-electron chi connectivity index (χ4n) is 1.71. The highest BCUT2D eigenvalue weighted by molar-refractivity contribution is 7.89. The minimum atomic E-state index is -3.78. The van der Waals surface area contributed by atoms with Crippen LogP contribution in [-0.4, -0.2) is 39.5 Å². The van der Waals surface area contributed by atoms with E-state index in [2.05, 4.69) is 23.5 Å². The second-order valence-corrected chi connectivity index (χ2v) is 6.55. The lowest BCUT2D eigenvalue weighted by atomic mass is 10.2. The Hall–Kier alpha value is -1.18. The monoisotopic (exact) mass is 303 g/mol. The van der Waals surface area contributed by atoms with Gasteiger partial charge >= 0.3 is 0 Å². The SMILES string of the molecule is CCC(C)N(C)CCNS(=O)(=O)c1cc(F)ccc1N. The van der Waals surface area contributed by atoms with Crippen molar-refractivity contribution in [2.45, 2.75) is 31.2 Å². The van der Waals surface area contributed by atoms with Crippen LogP contribution in [0.2, 0.25) is 0 Å². The number of nitrogens with two attached hydrogens (primary N) is 1. The molecule has 0 aromatic heterocycles. The smallest absolute Gasteiger partial charge is 0.242 e. The number of rotatable bonds is 7. The standard InChI is InChI=1S/C13H22FN3O2S/c1-4-10(2)17(3)8-7-16-20(18,19)13-9-11(14)5-6-12(13)15/h5-6,9-10,16H,4,7-8,15H2,1-3H3. The summed E-state index contributed by atoms with van der Waals surface area (Å²) in [5, 5.41) is 0. The Morgan fingerprint density at radius 2 is 2.10 bits per heavy atom. The van der Waals surface area contributed by atoms with Crippen molar-refractivity contribution in [1.82, 2.24) is 9.62 Å². The summed E-state index contributed by atoms with van der Waals surface area (Å²) in [6.07, 6.45) is 0.986. The lowest BCUT2D eigenvalue weighted by molar-refractivity contribution is 0.256. The van der Waals surface area contributed by atoms with Crippen LogP contribution in [0.5, 0.6) is 0 Å². The summed E-state index contributed by atoms with van der Waals surface area (Å²) in [4.78, 5) is 1.83. The van der Waals surface area contributed by atoms with Crippen LogP contribution >= 0.6 is 0 Å². The predicted molar refractivity (Wildman–Crippen MR) is 78.4 cm³/mol. The molecule has 5 nitrogen and oxygen atoms in total. The summed E-state index contributed by atoms with van der Waals surface area (Å²) in [7, 11) is -1.85. The number of hydrogen-bond donors (Lipinski definition) is 2. The van der Waals surface area contributed by atoms with Crippen LogP contribution in [0.4, 0.5) is 10.1 Å². The van der Waals surface area contributed by atoms with Crippen LogP contribution in [0.25, 0.3) is 0 Å². The molecule has 0 amide bonds. The Morgan fingerprint density at radius 1 is 1.45 bits per heavy atom. The summed E-state index contributed by atoms with van der Waals surface area (Å²) in [6.45, 7) is 4.96. The molecule has 0 aliphatic carbocycles. The van der Waals surface area contributed by atoms with Gasteiger partial charge in [0.05, 0.1) is 5.69 Å². The summed E-state index contributed by atoms with van der Waals surface area (Å²) >= 11 is 0. The molecule has 0 radical (unpaired) electrons. The van der Waals surface area contributed by atoms with Crippen LogP contribution in [0.3, 0.4) is 0 Å². The molecule has 1 atom stereocenters. The number of hydrogen-bond acceptors (Lipinski definition) is 4. The maximum atomic E-state index is 13.1. The van der Waals surface area contributed by atoms with Crippen LogP contribution in [0, 0.1) is 5.82 Å². The van der Waals surface area contributed by atoms with Gasteiger partial charge in [0, 0.05) is 19.1 Å².